The highest BCUT2D eigenvalue weighted by Gasteiger charge is 2.05. The number of aromatic nitrogens is 2. The number of ether oxygens (including phenoxy) is 1. The Hall–Kier alpha value is -1.20. The maximum atomic E-state index is 10.8. The molecule has 1 radical (unpaired) electrons. The van der Waals surface area contributed by atoms with Crippen molar-refractivity contribution < 1.29 is 9.84 Å². The quantitative estimate of drug-likeness (QED) is 0.635. The molecule has 0 aromatic carbocycles. The summed E-state index contributed by atoms with van der Waals surface area (Å²) in [4.78, 5) is 10.8. The summed E-state index contributed by atoms with van der Waals surface area (Å²) in [5, 5.41) is 15.0. The number of methoxy groups -OCH3 is 1. The summed E-state index contributed by atoms with van der Waals surface area (Å²) in [7, 11) is 1.50. The smallest absolute Gasteiger partial charge is 0.264 e. The zero-order valence-electron chi connectivity index (χ0n) is 7.28. The van der Waals surface area contributed by atoms with Crippen LogP contribution in [0.5, 0.6) is 0 Å². The minimum atomic E-state index is -0.621. The summed E-state index contributed by atoms with van der Waals surface area (Å²) < 4.78 is 4.74. The molecule has 0 aliphatic rings. The Kier molecular flexibility index (Phi) is 3.60. The molecule has 1 aromatic heterocycles. The van der Waals surface area contributed by atoms with E-state index in [2.05, 4.69) is 16.4 Å². The third kappa shape index (κ3) is 3.35. The van der Waals surface area contributed by atoms with Gasteiger partial charge < -0.3 is 9.84 Å². The molecule has 1 atom stereocenters. The molecule has 0 aliphatic heterocycles. The van der Waals surface area contributed by atoms with Crippen molar-refractivity contribution in [3.63, 3.8) is 0 Å². The van der Waals surface area contributed by atoms with Gasteiger partial charge in [0.05, 0.1) is 12.7 Å². The van der Waals surface area contributed by atoms with Crippen molar-refractivity contribution in [2.24, 2.45) is 0 Å². The van der Waals surface area contributed by atoms with Crippen LogP contribution in [0.2, 0.25) is 0 Å². The van der Waals surface area contributed by atoms with E-state index in [4.69, 9.17) is 4.74 Å². The van der Waals surface area contributed by atoms with E-state index in [1.54, 1.807) is 0 Å². The van der Waals surface area contributed by atoms with Crippen molar-refractivity contribution in [2.75, 3.05) is 13.7 Å². The topological polar surface area (TPSA) is 75.2 Å². The fourth-order valence-corrected chi connectivity index (χ4v) is 0.987. The van der Waals surface area contributed by atoms with E-state index >= 15 is 0 Å². The summed E-state index contributed by atoms with van der Waals surface area (Å²) in [6.07, 6.45) is 2.28. The van der Waals surface area contributed by atoms with Crippen LogP contribution in [-0.4, -0.2) is 35.1 Å². The van der Waals surface area contributed by atoms with Gasteiger partial charge in [-0.25, -0.2) is 5.10 Å². The first-order valence-electron chi connectivity index (χ1n) is 3.85. The summed E-state index contributed by atoms with van der Waals surface area (Å²) in [5.41, 5.74) is 0.284. The lowest BCUT2D eigenvalue weighted by Gasteiger charge is -2.07. The second-order valence-corrected chi connectivity index (χ2v) is 2.68. The lowest BCUT2D eigenvalue weighted by atomic mass is 10.1. The Labute approximate surface area is 75.4 Å². The van der Waals surface area contributed by atoms with Crippen molar-refractivity contribution in [1.29, 1.82) is 0 Å². The standard InChI is InChI=1S/C8H11N2O3/c1-13-5-7(11)2-6-3-8(12)10-9-4-6/h3,7,11H,2,5H2,1H3,(H,10,12). The highest BCUT2D eigenvalue weighted by atomic mass is 16.5. The minimum absolute atomic E-state index is 0.237. The molecule has 71 valence electrons. The van der Waals surface area contributed by atoms with Gasteiger partial charge in [-0.2, -0.15) is 5.10 Å². The monoisotopic (exact) mass is 183 g/mol. The van der Waals surface area contributed by atoms with Crippen LogP contribution < -0.4 is 5.56 Å². The number of aromatic amines is 1. The molecular formula is C8H11N2O3. The molecule has 0 spiro atoms. The summed E-state index contributed by atoms with van der Waals surface area (Å²) in [6, 6.07) is 1.35. The average Bonchev–Trinajstić information content (AvgIpc) is 2.04. The molecule has 1 aromatic rings. The lowest BCUT2D eigenvalue weighted by molar-refractivity contribution is 0.0649. The Morgan fingerprint density at radius 3 is 3.23 bits per heavy atom. The van der Waals surface area contributed by atoms with E-state index in [9.17, 15) is 9.90 Å². The van der Waals surface area contributed by atoms with Crippen molar-refractivity contribution in [3.8, 4) is 0 Å². The summed E-state index contributed by atoms with van der Waals surface area (Å²) in [5.74, 6) is 0. The van der Waals surface area contributed by atoms with Gasteiger partial charge in [0.25, 0.3) is 5.56 Å². The Balaban J connectivity index is 2.58. The number of nitrogens with one attached hydrogen (secondary N) is 1. The highest BCUT2D eigenvalue weighted by Crippen LogP contribution is 1.97. The van der Waals surface area contributed by atoms with Gasteiger partial charge in [0, 0.05) is 19.6 Å². The number of H-pyrrole nitrogens is 1. The normalized spacial score (nSPS) is 12.8. The minimum Gasteiger partial charge on any atom is -0.390 e. The number of hydrogen-bond donors (Lipinski definition) is 2. The molecule has 1 unspecified atom stereocenters. The fourth-order valence-electron chi connectivity index (χ4n) is 0.987. The van der Waals surface area contributed by atoms with Gasteiger partial charge in [-0.3, -0.25) is 4.79 Å². The van der Waals surface area contributed by atoms with Crippen LogP contribution in [0, 0.1) is 6.20 Å². The molecule has 13 heavy (non-hydrogen) atoms. The van der Waals surface area contributed by atoms with Gasteiger partial charge >= 0.3 is 0 Å². The molecule has 0 saturated heterocycles. The summed E-state index contributed by atoms with van der Waals surface area (Å²) in [6.45, 7) is 0.237. The van der Waals surface area contributed by atoms with Gasteiger partial charge in [0.2, 0.25) is 0 Å². The highest BCUT2D eigenvalue weighted by molar-refractivity contribution is 5.05. The summed E-state index contributed by atoms with van der Waals surface area (Å²) >= 11 is 0. The van der Waals surface area contributed by atoms with E-state index in [1.807, 2.05) is 0 Å². The van der Waals surface area contributed by atoms with Gasteiger partial charge in [-0.1, -0.05) is 0 Å². The van der Waals surface area contributed by atoms with E-state index in [1.165, 1.54) is 13.2 Å². The van der Waals surface area contributed by atoms with Crippen LogP contribution in [0.25, 0.3) is 0 Å². The van der Waals surface area contributed by atoms with Crippen LogP contribution in [0.4, 0.5) is 0 Å². The fraction of sp³-hybridized carbons (Fsp3) is 0.500. The average molecular weight is 183 g/mol. The second-order valence-electron chi connectivity index (χ2n) is 2.68. The van der Waals surface area contributed by atoms with Crippen LogP contribution in [0.15, 0.2) is 10.9 Å². The zero-order valence-corrected chi connectivity index (χ0v) is 7.28. The van der Waals surface area contributed by atoms with Gasteiger partial charge in [0.1, 0.15) is 6.20 Å². The number of nitrogens with zero attached hydrogens (tertiary/aromatic N) is 1. The molecule has 2 N–H and O–H groups in total. The van der Waals surface area contributed by atoms with Crippen LogP contribution in [-0.2, 0) is 11.2 Å². The first kappa shape index (κ1) is 9.88. The number of hydrogen-bond acceptors (Lipinski definition) is 4. The first-order chi connectivity index (χ1) is 6.22. The Morgan fingerprint density at radius 1 is 1.85 bits per heavy atom. The van der Waals surface area contributed by atoms with Crippen molar-refractivity contribution in [1.82, 2.24) is 10.2 Å². The Bertz CT molecular complexity index is 310. The van der Waals surface area contributed by atoms with E-state index in [-0.39, 0.29) is 12.2 Å². The van der Waals surface area contributed by atoms with Gasteiger partial charge in [0.15, 0.2) is 0 Å². The molecule has 5 heteroatoms. The Morgan fingerprint density at radius 2 is 2.62 bits per heavy atom. The predicted octanol–water partition coefficient (Wildman–Crippen LogP) is -0.880. The van der Waals surface area contributed by atoms with Crippen molar-refractivity contribution in [2.45, 2.75) is 12.5 Å². The van der Waals surface area contributed by atoms with Crippen LogP contribution in [0.1, 0.15) is 5.56 Å². The number of aliphatic hydroxyl groups is 1. The molecule has 1 rings (SSSR count). The third-order valence-corrected chi connectivity index (χ3v) is 1.49. The zero-order chi connectivity index (χ0) is 9.68. The molecule has 1 heterocycles. The maximum Gasteiger partial charge on any atom is 0.264 e. The maximum absolute atomic E-state index is 10.8. The third-order valence-electron chi connectivity index (χ3n) is 1.49. The SMILES string of the molecule is COCC(O)Cc1[c]n[nH]c(=O)c1. The van der Waals surface area contributed by atoms with E-state index < -0.39 is 6.10 Å². The molecule has 0 amide bonds. The van der Waals surface area contributed by atoms with Crippen molar-refractivity contribution in [3.05, 3.63) is 28.2 Å². The molecule has 0 fully saturated rings. The van der Waals surface area contributed by atoms with Gasteiger partial charge in [-0.05, 0) is 5.56 Å². The molecular weight excluding hydrogens is 172 g/mol. The molecule has 0 bridgehead atoms. The predicted molar refractivity (Wildman–Crippen MR) is 45.3 cm³/mol. The molecule has 5 nitrogen and oxygen atoms in total. The first-order valence-corrected chi connectivity index (χ1v) is 3.85. The van der Waals surface area contributed by atoms with Gasteiger partial charge in [-0.15, -0.1) is 0 Å². The second kappa shape index (κ2) is 4.74. The van der Waals surface area contributed by atoms with Crippen molar-refractivity contribution >= 4 is 0 Å². The largest absolute Gasteiger partial charge is 0.390 e. The molecule has 0 saturated carbocycles. The number of aliphatic hydroxyl groups excluding tert-OH is 1. The van der Waals surface area contributed by atoms with Crippen LogP contribution >= 0.6 is 0 Å². The van der Waals surface area contributed by atoms with E-state index in [0.717, 1.165) is 0 Å². The van der Waals surface area contributed by atoms with E-state index in [0.29, 0.717) is 12.0 Å². The number of rotatable bonds is 4. The van der Waals surface area contributed by atoms with Crippen LogP contribution in [0.3, 0.4) is 0 Å². The lowest BCUT2D eigenvalue weighted by Crippen LogP contribution is -2.19. The molecule has 0 aliphatic carbocycles.